The molecule has 0 saturated carbocycles. The van der Waals surface area contributed by atoms with E-state index in [1.54, 1.807) is 6.07 Å². The van der Waals surface area contributed by atoms with Crippen molar-refractivity contribution in [2.45, 2.75) is 32.9 Å². The SMILES string of the molecule is CCc1cc(C(C)(C)F)on1. The molecule has 0 aliphatic carbocycles. The molecule has 0 fully saturated rings. The summed E-state index contributed by atoms with van der Waals surface area (Å²) in [5, 5.41) is 3.69. The lowest BCUT2D eigenvalue weighted by atomic mass is 10.1. The summed E-state index contributed by atoms with van der Waals surface area (Å²) in [4.78, 5) is 0. The van der Waals surface area contributed by atoms with Gasteiger partial charge in [0.1, 0.15) is 0 Å². The Morgan fingerprint density at radius 1 is 1.64 bits per heavy atom. The second kappa shape index (κ2) is 2.64. The Labute approximate surface area is 65.4 Å². The lowest BCUT2D eigenvalue weighted by Crippen LogP contribution is -2.06. The van der Waals surface area contributed by atoms with Crippen LogP contribution in [0.15, 0.2) is 10.6 Å². The van der Waals surface area contributed by atoms with E-state index in [2.05, 4.69) is 5.16 Å². The molecule has 11 heavy (non-hydrogen) atoms. The molecule has 0 atom stereocenters. The standard InChI is InChI=1S/C8H12FNO/c1-4-6-5-7(11-10-6)8(2,3)9/h5H,4H2,1-3H3. The topological polar surface area (TPSA) is 26.0 Å². The second-order valence-corrected chi connectivity index (χ2v) is 3.01. The first-order valence-electron chi connectivity index (χ1n) is 3.69. The smallest absolute Gasteiger partial charge is 0.173 e. The summed E-state index contributed by atoms with van der Waals surface area (Å²) in [6, 6.07) is 1.65. The van der Waals surface area contributed by atoms with Crippen LogP contribution < -0.4 is 0 Å². The molecule has 0 aliphatic heterocycles. The molecule has 3 heteroatoms. The number of hydrogen-bond acceptors (Lipinski definition) is 2. The van der Waals surface area contributed by atoms with Crippen molar-refractivity contribution in [3.8, 4) is 0 Å². The Kier molecular flexibility index (Phi) is 1.98. The predicted molar refractivity (Wildman–Crippen MR) is 40.0 cm³/mol. The maximum atomic E-state index is 13.1. The Hall–Kier alpha value is -0.860. The lowest BCUT2D eigenvalue weighted by molar-refractivity contribution is 0.162. The first-order valence-corrected chi connectivity index (χ1v) is 3.69. The van der Waals surface area contributed by atoms with E-state index in [1.165, 1.54) is 13.8 Å². The number of rotatable bonds is 2. The first kappa shape index (κ1) is 8.24. The summed E-state index contributed by atoms with van der Waals surface area (Å²) in [6.07, 6.45) is 0.777. The molecule has 0 aromatic carbocycles. The van der Waals surface area contributed by atoms with Gasteiger partial charge in [0.15, 0.2) is 11.4 Å². The molecule has 0 spiro atoms. The van der Waals surface area contributed by atoms with Crippen LogP contribution in [0, 0.1) is 0 Å². The largest absolute Gasteiger partial charge is 0.358 e. The van der Waals surface area contributed by atoms with Crippen LogP contribution in [0.3, 0.4) is 0 Å². The van der Waals surface area contributed by atoms with Crippen LogP contribution in [0.25, 0.3) is 0 Å². The molecular formula is C8H12FNO. The summed E-state index contributed by atoms with van der Waals surface area (Å²) >= 11 is 0. The minimum atomic E-state index is -1.42. The minimum Gasteiger partial charge on any atom is -0.358 e. The first-order chi connectivity index (χ1) is 5.04. The molecule has 1 aromatic rings. The molecule has 2 nitrogen and oxygen atoms in total. The van der Waals surface area contributed by atoms with Crippen LogP contribution in [0.5, 0.6) is 0 Å². The van der Waals surface area contributed by atoms with Gasteiger partial charge in [0.05, 0.1) is 5.69 Å². The highest BCUT2D eigenvalue weighted by molar-refractivity contribution is 5.10. The van der Waals surface area contributed by atoms with Gasteiger partial charge in [0.25, 0.3) is 0 Å². The summed E-state index contributed by atoms with van der Waals surface area (Å²) < 4.78 is 17.9. The van der Waals surface area contributed by atoms with Crippen LogP contribution in [0.4, 0.5) is 4.39 Å². The van der Waals surface area contributed by atoms with E-state index in [4.69, 9.17) is 4.52 Å². The zero-order valence-corrected chi connectivity index (χ0v) is 7.02. The predicted octanol–water partition coefficient (Wildman–Crippen LogP) is 2.44. The average molecular weight is 157 g/mol. The van der Waals surface area contributed by atoms with Crippen molar-refractivity contribution in [2.75, 3.05) is 0 Å². The number of halogens is 1. The van der Waals surface area contributed by atoms with E-state index in [0.717, 1.165) is 12.1 Å². The van der Waals surface area contributed by atoms with E-state index in [9.17, 15) is 4.39 Å². The quantitative estimate of drug-likeness (QED) is 0.659. The van der Waals surface area contributed by atoms with Crippen LogP contribution >= 0.6 is 0 Å². The van der Waals surface area contributed by atoms with Crippen LogP contribution in [0.2, 0.25) is 0 Å². The van der Waals surface area contributed by atoms with Gasteiger partial charge in [-0.25, -0.2) is 4.39 Å². The molecule has 0 amide bonds. The third-order valence-electron chi connectivity index (χ3n) is 1.51. The molecular weight excluding hydrogens is 145 g/mol. The van der Waals surface area contributed by atoms with E-state index in [-0.39, 0.29) is 0 Å². The summed E-state index contributed by atoms with van der Waals surface area (Å²) in [5.74, 6) is 0.300. The highest BCUT2D eigenvalue weighted by atomic mass is 19.1. The van der Waals surface area contributed by atoms with Gasteiger partial charge in [0, 0.05) is 6.07 Å². The van der Waals surface area contributed by atoms with Crippen molar-refractivity contribution < 1.29 is 8.91 Å². The molecule has 0 N–H and O–H groups in total. The maximum absolute atomic E-state index is 13.1. The van der Waals surface area contributed by atoms with Gasteiger partial charge in [-0.3, -0.25) is 0 Å². The van der Waals surface area contributed by atoms with Gasteiger partial charge in [0.2, 0.25) is 0 Å². The third kappa shape index (κ3) is 1.79. The lowest BCUT2D eigenvalue weighted by Gasteiger charge is -2.07. The van der Waals surface area contributed by atoms with E-state index in [0.29, 0.717) is 5.76 Å². The second-order valence-electron chi connectivity index (χ2n) is 3.01. The van der Waals surface area contributed by atoms with Gasteiger partial charge in [-0.1, -0.05) is 12.1 Å². The van der Waals surface area contributed by atoms with Crippen molar-refractivity contribution in [3.05, 3.63) is 17.5 Å². The highest BCUT2D eigenvalue weighted by Gasteiger charge is 2.23. The van der Waals surface area contributed by atoms with Crippen LogP contribution in [0.1, 0.15) is 32.2 Å². The number of aromatic nitrogens is 1. The van der Waals surface area contributed by atoms with Crippen molar-refractivity contribution in [1.82, 2.24) is 5.16 Å². The Bertz CT molecular complexity index is 236. The van der Waals surface area contributed by atoms with Gasteiger partial charge >= 0.3 is 0 Å². The van der Waals surface area contributed by atoms with E-state index >= 15 is 0 Å². The molecule has 0 unspecified atom stereocenters. The molecule has 1 rings (SSSR count). The Balaban J connectivity index is 2.89. The van der Waals surface area contributed by atoms with Crippen molar-refractivity contribution in [2.24, 2.45) is 0 Å². The molecule has 0 radical (unpaired) electrons. The molecule has 0 saturated heterocycles. The Morgan fingerprint density at radius 3 is 2.55 bits per heavy atom. The molecule has 0 aliphatic rings. The fraction of sp³-hybridized carbons (Fsp3) is 0.625. The summed E-state index contributed by atoms with van der Waals surface area (Å²) in [6.45, 7) is 4.85. The normalized spacial score (nSPS) is 12.0. The zero-order valence-electron chi connectivity index (χ0n) is 7.02. The van der Waals surface area contributed by atoms with E-state index in [1.807, 2.05) is 6.92 Å². The number of hydrogen-bond donors (Lipinski definition) is 0. The van der Waals surface area contributed by atoms with Gasteiger partial charge in [-0.15, -0.1) is 0 Å². The van der Waals surface area contributed by atoms with E-state index < -0.39 is 5.67 Å². The number of nitrogens with zero attached hydrogens (tertiary/aromatic N) is 1. The van der Waals surface area contributed by atoms with Crippen LogP contribution in [-0.4, -0.2) is 5.16 Å². The number of aryl methyl sites for hydroxylation is 1. The summed E-state index contributed by atoms with van der Waals surface area (Å²) in [7, 11) is 0. The average Bonchev–Trinajstić information content (AvgIpc) is 2.32. The summed E-state index contributed by atoms with van der Waals surface area (Å²) in [5.41, 5.74) is -0.619. The maximum Gasteiger partial charge on any atom is 0.173 e. The number of alkyl halides is 1. The van der Waals surface area contributed by atoms with Crippen molar-refractivity contribution in [3.63, 3.8) is 0 Å². The molecule has 62 valence electrons. The molecule has 0 bridgehead atoms. The van der Waals surface area contributed by atoms with Crippen molar-refractivity contribution in [1.29, 1.82) is 0 Å². The fourth-order valence-electron chi connectivity index (χ4n) is 0.759. The fourth-order valence-corrected chi connectivity index (χ4v) is 0.759. The zero-order chi connectivity index (χ0) is 8.48. The monoisotopic (exact) mass is 157 g/mol. The van der Waals surface area contributed by atoms with Gasteiger partial charge < -0.3 is 4.52 Å². The van der Waals surface area contributed by atoms with Gasteiger partial charge in [-0.2, -0.15) is 0 Å². The van der Waals surface area contributed by atoms with Crippen LogP contribution in [-0.2, 0) is 12.1 Å². The molecule has 1 aromatic heterocycles. The molecule has 1 heterocycles. The third-order valence-corrected chi connectivity index (χ3v) is 1.51. The highest BCUT2D eigenvalue weighted by Crippen LogP contribution is 2.24. The minimum absolute atomic E-state index is 0.300. The van der Waals surface area contributed by atoms with Crippen molar-refractivity contribution >= 4 is 0 Å². The Morgan fingerprint density at radius 2 is 2.27 bits per heavy atom. The van der Waals surface area contributed by atoms with Gasteiger partial charge in [-0.05, 0) is 20.3 Å².